The molecule has 0 spiro atoms. The predicted molar refractivity (Wildman–Crippen MR) is 102 cm³/mol. The van der Waals surface area contributed by atoms with Gasteiger partial charge in [-0.2, -0.15) is 0 Å². The molecule has 2 heterocycles. The van der Waals surface area contributed by atoms with Crippen LogP contribution >= 0.6 is 0 Å². The molecule has 0 aliphatic heterocycles. The minimum atomic E-state index is -0.437. The van der Waals surface area contributed by atoms with Crippen LogP contribution in [0.2, 0.25) is 0 Å². The number of ether oxygens (including phenoxy) is 1. The maximum absolute atomic E-state index is 12.7. The highest BCUT2D eigenvalue weighted by molar-refractivity contribution is 5.93. The Balaban J connectivity index is 1.61. The van der Waals surface area contributed by atoms with E-state index in [0.29, 0.717) is 12.2 Å². The number of aryl methyl sites for hydroxylation is 3. The third-order valence-electron chi connectivity index (χ3n) is 5.10. The number of aromatic nitrogens is 2. The Morgan fingerprint density at radius 1 is 1.26 bits per heavy atom. The lowest BCUT2D eigenvalue weighted by Crippen LogP contribution is -2.32. The number of nitrogens with zero attached hydrogens (tertiary/aromatic N) is 2. The molecule has 0 bridgehead atoms. The maximum atomic E-state index is 12.7. The van der Waals surface area contributed by atoms with Crippen LogP contribution in [0.25, 0.3) is 5.65 Å². The Labute approximate surface area is 156 Å². The molecule has 0 atom stereocenters. The fourth-order valence-electron chi connectivity index (χ4n) is 3.68. The zero-order chi connectivity index (χ0) is 19.0. The lowest BCUT2D eigenvalue weighted by atomic mass is 10.0. The summed E-state index contributed by atoms with van der Waals surface area (Å²) < 4.78 is 6.93. The number of pyridine rings is 1. The summed E-state index contributed by atoms with van der Waals surface area (Å²) in [5, 5.41) is 2.83. The van der Waals surface area contributed by atoms with Crippen molar-refractivity contribution in [1.29, 1.82) is 0 Å². The molecule has 6 heteroatoms. The minimum Gasteiger partial charge on any atom is -0.496 e. The highest BCUT2D eigenvalue weighted by Gasteiger charge is 2.17. The third kappa shape index (κ3) is 3.07. The summed E-state index contributed by atoms with van der Waals surface area (Å²) in [6, 6.07) is 9.53. The first-order valence-electron chi connectivity index (χ1n) is 9.02. The molecule has 0 unspecified atom stereocenters. The van der Waals surface area contributed by atoms with E-state index in [-0.39, 0.29) is 11.1 Å². The molecular formula is C21H21N3O3. The SMILES string of the molecule is COc1cc2c(cc1CNC(=O)c1cnc3cccc(C)n3c1=O)CCC2. The smallest absolute Gasteiger partial charge is 0.270 e. The summed E-state index contributed by atoms with van der Waals surface area (Å²) >= 11 is 0. The van der Waals surface area contributed by atoms with Gasteiger partial charge in [-0.15, -0.1) is 0 Å². The standard InChI is InChI=1S/C21H21N3O3/c1-13-5-3-8-19-22-12-17(21(26)24(13)19)20(25)23-11-16-9-14-6-4-7-15(14)10-18(16)27-2/h3,5,8-10,12H,4,6-7,11H2,1-2H3,(H,23,25). The topological polar surface area (TPSA) is 72.7 Å². The minimum absolute atomic E-state index is 0.0296. The normalized spacial score (nSPS) is 12.8. The molecule has 0 saturated carbocycles. The van der Waals surface area contributed by atoms with Gasteiger partial charge in [0, 0.05) is 24.0 Å². The van der Waals surface area contributed by atoms with Crippen molar-refractivity contribution in [2.45, 2.75) is 32.7 Å². The van der Waals surface area contributed by atoms with Crippen molar-refractivity contribution in [2.24, 2.45) is 0 Å². The van der Waals surface area contributed by atoms with Crippen LogP contribution in [0.5, 0.6) is 5.75 Å². The van der Waals surface area contributed by atoms with E-state index < -0.39 is 5.91 Å². The van der Waals surface area contributed by atoms with E-state index in [4.69, 9.17) is 4.74 Å². The van der Waals surface area contributed by atoms with Crippen molar-refractivity contribution in [3.8, 4) is 5.75 Å². The number of carbonyl (C=O) groups excluding carboxylic acids is 1. The molecular weight excluding hydrogens is 342 g/mol. The van der Waals surface area contributed by atoms with Crippen LogP contribution in [0.1, 0.15) is 39.2 Å². The quantitative estimate of drug-likeness (QED) is 0.773. The Kier molecular flexibility index (Phi) is 4.39. The van der Waals surface area contributed by atoms with E-state index in [1.54, 1.807) is 13.2 Å². The van der Waals surface area contributed by atoms with Crippen molar-refractivity contribution < 1.29 is 9.53 Å². The number of rotatable bonds is 4. The number of benzene rings is 1. The zero-order valence-corrected chi connectivity index (χ0v) is 15.4. The summed E-state index contributed by atoms with van der Waals surface area (Å²) in [4.78, 5) is 29.6. The fourth-order valence-corrected chi connectivity index (χ4v) is 3.68. The second kappa shape index (κ2) is 6.87. The second-order valence-corrected chi connectivity index (χ2v) is 6.81. The molecule has 2 aromatic heterocycles. The third-order valence-corrected chi connectivity index (χ3v) is 5.10. The number of hydrogen-bond donors (Lipinski definition) is 1. The van der Waals surface area contributed by atoms with Gasteiger partial charge < -0.3 is 10.1 Å². The maximum Gasteiger partial charge on any atom is 0.270 e. The van der Waals surface area contributed by atoms with Gasteiger partial charge in [0.15, 0.2) is 0 Å². The van der Waals surface area contributed by atoms with E-state index in [1.807, 2.05) is 19.1 Å². The van der Waals surface area contributed by atoms with Gasteiger partial charge in [-0.25, -0.2) is 4.98 Å². The number of nitrogens with one attached hydrogen (secondary N) is 1. The first-order chi connectivity index (χ1) is 13.1. The molecule has 27 heavy (non-hydrogen) atoms. The second-order valence-electron chi connectivity index (χ2n) is 6.81. The van der Waals surface area contributed by atoms with Crippen molar-refractivity contribution >= 4 is 11.6 Å². The fraction of sp³-hybridized carbons (Fsp3) is 0.286. The Bertz CT molecular complexity index is 1100. The average molecular weight is 363 g/mol. The zero-order valence-electron chi connectivity index (χ0n) is 15.4. The lowest BCUT2D eigenvalue weighted by Gasteiger charge is -2.13. The van der Waals surface area contributed by atoms with E-state index in [0.717, 1.165) is 36.3 Å². The molecule has 0 fully saturated rings. The monoisotopic (exact) mass is 363 g/mol. The van der Waals surface area contributed by atoms with Crippen LogP contribution in [0.3, 0.4) is 0 Å². The van der Waals surface area contributed by atoms with Crippen LogP contribution in [0.4, 0.5) is 0 Å². The highest BCUT2D eigenvalue weighted by Crippen LogP contribution is 2.29. The first-order valence-corrected chi connectivity index (χ1v) is 9.02. The molecule has 6 nitrogen and oxygen atoms in total. The summed E-state index contributed by atoms with van der Waals surface area (Å²) in [6.45, 7) is 2.11. The number of fused-ring (bicyclic) bond motifs is 2. The molecule has 1 aliphatic carbocycles. The van der Waals surface area contributed by atoms with Gasteiger partial charge in [0.05, 0.1) is 7.11 Å². The van der Waals surface area contributed by atoms with Crippen molar-refractivity contribution in [2.75, 3.05) is 7.11 Å². The van der Waals surface area contributed by atoms with Crippen LogP contribution in [-0.2, 0) is 19.4 Å². The Morgan fingerprint density at radius 3 is 2.81 bits per heavy atom. The summed E-state index contributed by atoms with van der Waals surface area (Å²) in [6.07, 6.45) is 4.60. The van der Waals surface area contributed by atoms with E-state index >= 15 is 0 Å². The van der Waals surface area contributed by atoms with Crippen LogP contribution in [-0.4, -0.2) is 22.4 Å². The lowest BCUT2D eigenvalue weighted by molar-refractivity contribution is 0.0948. The Morgan fingerprint density at radius 2 is 2.04 bits per heavy atom. The van der Waals surface area contributed by atoms with Gasteiger partial charge in [-0.05, 0) is 55.5 Å². The van der Waals surface area contributed by atoms with Gasteiger partial charge in [-0.3, -0.25) is 14.0 Å². The van der Waals surface area contributed by atoms with E-state index in [2.05, 4.69) is 22.4 Å². The largest absolute Gasteiger partial charge is 0.496 e. The van der Waals surface area contributed by atoms with Gasteiger partial charge >= 0.3 is 0 Å². The molecule has 138 valence electrons. The molecule has 3 aromatic rings. The summed E-state index contributed by atoms with van der Waals surface area (Å²) in [5.74, 6) is 0.327. The summed E-state index contributed by atoms with van der Waals surface area (Å²) in [7, 11) is 1.63. The number of hydrogen-bond acceptors (Lipinski definition) is 4. The number of methoxy groups -OCH3 is 1. The van der Waals surface area contributed by atoms with Gasteiger partial charge in [0.25, 0.3) is 11.5 Å². The van der Waals surface area contributed by atoms with Crippen molar-refractivity contribution in [3.63, 3.8) is 0 Å². The summed E-state index contributed by atoms with van der Waals surface area (Å²) in [5.41, 5.74) is 4.46. The van der Waals surface area contributed by atoms with Gasteiger partial charge in [0.2, 0.25) is 0 Å². The van der Waals surface area contributed by atoms with Gasteiger partial charge in [0.1, 0.15) is 17.0 Å². The van der Waals surface area contributed by atoms with Crippen LogP contribution < -0.4 is 15.6 Å². The highest BCUT2D eigenvalue weighted by atomic mass is 16.5. The molecule has 4 rings (SSSR count). The average Bonchev–Trinajstić information content (AvgIpc) is 3.12. The first kappa shape index (κ1) is 17.3. The Hall–Kier alpha value is -3.15. The molecule has 1 N–H and O–H groups in total. The molecule has 1 aliphatic rings. The van der Waals surface area contributed by atoms with E-state index in [9.17, 15) is 9.59 Å². The van der Waals surface area contributed by atoms with Crippen molar-refractivity contribution in [3.05, 3.63) is 74.8 Å². The number of carbonyl (C=O) groups is 1. The van der Waals surface area contributed by atoms with Crippen LogP contribution in [0, 0.1) is 6.92 Å². The molecule has 1 aromatic carbocycles. The molecule has 0 radical (unpaired) electrons. The predicted octanol–water partition coefficient (Wildman–Crippen LogP) is 2.43. The molecule has 1 amide bonds. The van der Waals surface area contributed by atoms with Crippen LogP contribution in [0.15, 0.2) is 41.3 Å². The van der Waals surface area contributed by atoms with E-state index in [1.165, 1.54) is 21.7 Å². The number of amides is 1. The molecule has 0 saturated heterocycles. The van der Waals surface area contributed by atoms with Crippen molar-refractivity contribution in [1.82, 2.24) is 14.7 Å². The van der Waals surface area contributed by atoms with Gasteiger partial charge in [-0.1, -0.05) is 12.1 Å².